The van der Waals surface area contributed by atoms with Crippen LogP contribution in [0.2, 0.25) is 0 Å². The topological polar surface area (TPSA) is 57.6 Å². The molecule has 0 aliphatic carbocycles. The summed E-state index contributed by atoms with van der Waals surface area (Å²) in [5.74, 6) is 0. The highest BCUT2D eigenvalue weighted by molar-refractivity contribution is 7.91. The van der Waals surface area contributed by atoms with Gasteiger partial charge in [-0.3, -0.25) is 0 Å². The monoisotopic (exact) mass is 325 g/mol. The fourth-order valence-corrected chi connectivity index (χ4v) is 5.07. The zero-order valence-corrected chi connectivity index (χ0v) is 13.7. The van der Waals surface area contributed by atoms with Crippen LogP contribution in [0.4, 0.5) is 0 Å². The first-order valence-corrected chi connectivity index (χ1v) is 8.93. The van der Waals surface area contributed by atoms with E-state index in [1.807, 2.05) is 44.2 Å². The number of aliphatic hydroxyl groups is 1. The van der Waals surface area contributed by atoms with Crippen molar-refractivity contribution in [3.63, 3.8) is 0 Å². The van der Waals surface area contributed by atoms with Gasteiger partial charge in [-0.15, -0.1) is 11.3 Å². The maximum atomic E-state index is 12.7. The summed E-state index contributed by atoms with van der Waals surface area (Å²) in [6, 6.07) is 11.1. The van der Waals surface area contributed by atoms with Crippen molar-refractivity contribution in [2.24, 2.45) is 0 Å². The summed E-state index contributed by atoms with van der Waals surface area (Å²) in [5, 5.41) is 9.18. The molecule has 1 N–H and O–H groups in total. The highest BCUT2D eigenvalue weighted by Crippen LogP contribution is 2.28. The molecule has 0 unspecified atom stereocenters. The summed E-state index contributed by atoms with van der Waals surface area (Å²) < 4.78 is 27.1. The third-order valence-corrected chi connectivity index (χ3v) is 6.74. The van der Waals surface area contributed by atoms with Crippen LogP contribution in [-0.4, -0.2) is 31.0 Å². The fourth-order valence-electron chi connectivity index (χ4n) is 1.98. The van der Waals surface area contributed by atoms with E-state index >= 15 is 0 Å². The van der Waals surface area contributed by atoms with Crippen molar-refractivity contribution in [3.05, 3.63) is 52.4 Å². The highest BCUT2D eigenvalue weighted by Gasteiger charge is 2.26. The molecule has 0 amide bonds. The molecule has 0 spiro atoms. The second-order valence-corrected chi connectivity index (χ2v) is 8.27. The maximum absolute atomic E-state index is 12.7. The van der Waals surface area contributed by atoms with Crippen LogP contribution in [0.5, 0.6) is 0 Å². The first kappa shape index (κ1) is 16.2. The highest BCUT2D eigenvalue weighted by atomic mass is 32.2. The zero-order valence-electron chi connectivity index (χ0n) is 12.1. The lowest BCUT2D eigenvalue weighted by Crippen LogP contribution is -2.32. The summed E-state index contributed by atoms with van der Waals surface area (Å²) >= 11 is 1.27. The molecule has 0 atom stereocenters. The lowest BCUT2D eigenvalue weighted by molar-refractivity contribution is 0.251. The molecule has 0 aliphatic rings. The van der Waals surface area contributed by atoms with Crippen LogP contribution in [0, 0.1) is 13.8 Å². The average molecular weight is 325 g/mol. The van der Waals surface area contributed by atoms with E-state index in [1.54, 1.807) is 6.07 Å². The molecule has 1 heterocycles. The summed E-state index contributed by atoms with van der Waals surface area (Å²) in [6.07, 6.45) is 0. The van der Waals surface area contributed by atoms with Gasteiger partial charge in [-0.25, -0.2) is 8.42 Å². The Balaban J connectivity index is 2.32. The second kappa shape index (κ2) is 6.70. The molecule has 0 fully saturated rings. The summed E-state index contributed by atoms with van der Waals surface area (Å²) in [5.41, 5.74) is 1.88. The Kier molecular flexibility index (Phi) is 5.16. The van der Waals surface area contributed by atoms with Crippen LogP contribution < -0.4 is 0 Å². The largest absolute Gasteiger partial charge is 0.395 e. The van der Waals surface area contributed by atoms with E-state index in [9.17, 15) is 13.5 Å². The SMILES string of the molecule is Cc1cc(S(=O)(=O)N(CCO)Cc2ccccc2)sc1C. The Bertz CT molecular complexity index is 673. The van der Waals surface area contributed by atoms with Crippen molar-refractivity contribution >= 4 is 21.4 Å². The van der Waals surface area contributed by atoms with E-state index in [2.05, 4.69) is 0 Å². The van der Waals surface area contributed by atoms with Gasteiger partial charge >= 0.3 is 0 Å². The number of aliphatic hydroxyl groups excluding tert-OH is 1. The third kappa shape index (κ3) is 3.71. The molecule has 0 bridgehead atoms. The van der Waals surface area contributed by atoms with Crippen LogP contribution in [0.15, 0.2) is 40.6 Å². The van der Waals surface area contributed by atoms with Crippen LogP contribution in [0.3, 0.4) is 0 Å². The van der Waals surface area contributed by atoms with E-state index in [-0.39, 0.29) is 19.7 Å². The molecule has 2 aromatic rings. The molecular weight excluding hydrogens is 306 g/mol. The van der Waals surface area contributed by atoms with Gasteiger partial charge in [-0.1, -0.05) is 30.3 Å². The molecule has 0 aliphatic heterocycles. The van der Waals surface area contributed by atoms with Crippen LogP contribution in [0.25, 0.3) is 0 Å². The van der Waals surface area contributed by atoms with E-state index in [4.69, 9.17) is 0 Å². The summed E-state index contributed by atoms with van der Waals surface area (Å²) in [7, 11) is -3.57. The second-order valence-electron chi connectivity index (χ2n) is 4.85. The van der Waals surface area contributed by atoms with Crippen molar-refractivity contribution in [3.8, 4) is 0 Å². The van der Waals surface area contributed by atoms with Crippen molar-refractivity contribution in [1.82, 2.24) is 4.31 Å². The van der Waals surface area contributed by atoms with Gasteiger partial charge in [-0.2, -0.15) is 4.31 Å². The van der Waals surface area contributed by atoms with Gasteiger partial charge in [0.1, 0.15) is 4.21 Å². The zero-order chi connectivity index (χ0) is 15.5. The van der Waals surface area contributed by atoms with Gasteiger partial charge in [0.05, 0.1) is 6.61 Å². The van der Waals surface area contributed by atoms with Crippen LogP contribution in [-0.2, 0) is 16.6 Å². The van der Waals surface area contributed by atoms with Crippen LogP contribution in [0.1, 0.15) is 16.0 Å². The maximum Gasteiger partial charge on any atom is 0.252 e. The lowest BCUT2D eigenvalue weighted by atomic mass is 10.2. The first-order chi connectivity index (χ1) is 9.95. The van der Waals surface area contributed by atoms with Crippen molar-refractivity contribution < 1.29 is 13.5 Å². The normalized spacial score (nSPS) is 12.0. The molecule has 0 saturated carbocycles. The number of rotatable bonds is 6. The molecule has 1 aromatic carbocycles. The molecule has 1 aromatic heterocycles. The van der Waals surface area contributed by atoms with Crippen molar-refractivity contribution in [1.29, 1.82) is 0 Å². The average Bonchev–Trinajstić information content (AvgIpc) is 2.80. The molecule has 4 nitrogen and oxygen atoms in total. The lowest BCUT2D eigenvalue weighted by Gasteiger charge is -2.20. The Morgan fingerprint density at radius 1 is 1.19 bits per heavy atom. The minimum absolute atomic E-state index is 0.0905. The van der Waals surface area contributed by atoms with Gasteiger partial charge in [0.25, 0.3) is 10.0 Å². The molecule has 6 heteroatoms. The van der Waals surface area contributed by atoms with Crippen LogP contribution >= 0.6 is 11.3 Å². The van der Waals surface area contributed by atoms with E-state index < -0.39 is 10.0 Å². The van der Waals surface area contributed by atoms with Gasteiger partial charge in [0.15, 0.2) is 0 Å². The number of hydrogen-bond donors (Lipinski definition) is 1. The van der Waals surface area contributed by atoms with Crippen molar-refractivity contribution in [2.75, 3.05) is 13.2 Å². The smallest absolute Gasteiger partial charge is 0.252 e. The minimum Gasteiger partial charge on any atom is -0.395 e. The molecule has 21 heavy (non-hydrogen) atoms. The van der Waals surface area contributed by atoms with Crippen molar-refractivity contribution in [2.45, 2.75) is 24.6 Å². The number of nitrogens with zero attached hydrogens (tertiary/aromatic N) is 1. The number of thiophene rings is 1. The number of hydrogen-bond acceptors (Lipinski definition) is 4. The van der Waals surface area contributed by atoms with E-state index in [0.717, 1.165) is 16.0 Å². The molecule has 2 rings (SSSR count). The third-order valence-electron chi connectivity index (χ3n) is 3.29. The minimum atomic E-state index is -3.57. The van der Waals surface area contributed by atoms with E-state index in [1.165, 1.54) is 15.6 Å². The standard InChI is InChI=1S/C15H19NO3S2/c1-12-10-15(20-13(12)2)21(18,19)16(8-9-17)11-14-6-4-3-5-7-14/h3-7,10,17H,8-9,11H2,1-2H3. The fraction of sp³-hybridized carbons (Fsp3) is 0.333. The number of aryl methyl sites for hydroxylation is 2. The van der Waals surface area contributed by atoms with Gasteiger partial charge in [0.2, 0.25) is 0 Å². The molecular formula is C15H19NO3S2. The summed E-state index contributed by atoms with van der Waals surface area (Å²) in [6.45, 7) is 3.97. The van der Waals surface area contributed by atoms with E-state index in [0.29, 0.717) is 4.21 Å². The Morgan fingerprint density at radius 2 is 1.86 bits per heavy atom. The molecule has 114 valence electrons. The predicted octanol–water partition coefficient (Wildman–Crippen LogP) is 2.55. The molecule has 0 radical (unpaired) electrons. The van der Waals surface area contributed by atoms with Gasteiger partial charge in [0, 0.05) is 18.0 Å². The quantitative estimate of drug-likeness (QED) is 0.888. The Hall–Kier alpha value is -1.21. The number of sulfonamides is 1. The predicted molar refractivity (Wildman–Crippen MR) is 84.9 cm³/mol. The molecule has 0 saturated heterocycles. The van der Waals surface area contributed by atoms with Gasteiger partial charge in [-0.05, 0) is 31.0 Å². The Morgan fingerprint density at radius 3 is 2.38 bits per heavy atom. The summed E-state index contributed by atoms with van der Waals surface area (Å²) in [4.78, 5) is 0.997. The Labute approximate surface area is 129 Å². The van der Waals surface area contributed by atoms with Gasteiger partial charge < -0.3 is 5.11 Å². The number of benzene rings is 1. The first-order valence-electron chi connectivity index (χ1n) is 6.67.